The van der Waals surface area contributed by atoms with Gasteiger partial charge in [0.25, 0.3) is 15.9 Å². The fourth-order valence-corrected chi connectivity index (χ4v) is 4.27. The Labute approximate surface area is 186 Å². The van der Waals surface area contributed by atoms with Crippen LogP contribution in [-0.2, 0) is 16.6 Å². The number of hydrogen-bond acceptors (Lipinski definition) is 5. The molecule has 0 radical (unpaired) electrons. The van der Waals surface area contributed by atoms with E-state index >= 15 is 0 Å². The van der Waals surface area contributed by atoms with E-state index in [0.29, 0.717) is 11.5 Å². The van der Waals surface area contributed by atoms with Gasteiger partial charge in [0.2, 0.25) is 0 Å². The molecule has 2 N–H and O–H groups in total. The Morgan fingerprint density at radius 3 is 2.62 bits per heavy atom. The highest BCUT2D eigenvalue weighted by Crippen LogP contribution is 2.18. The van der Waals surface area contributed by atoms with Crippen molar-refractivity contribution in [3.8, 4) is 5.82 Å². The highest BCUT2D eigenvalue weighted by Gasteiger charge is 2.17. The van der Waals surface area contributed by atoms with E-state index in [1.165, 1.54) is 12.1 Å². The molecule has 8 nitrogen and oxygen atoms in total. The standard InChI is InChI=1S/C23H21N5O3S/c1-17-6-2-9-20(14-17)27-32(30,31)21-10-3-7-18(15-21)23(29)25-16-19-8-4-11-24-22(19)28-13-5-12-26-28/h2-15,27H,16H2,1H3,(H,25,29). The van der Waals surface area contributed by atoms with Crippen molar-refractivity contribution < 1.29 is 13.2 Å². The summed E-state index contributed by atoms with van der Waals surface area (Å²) < 4.78 is 29.7. The first-order chi connectivity index (χ1) is 15.4. The lowest BCUT2D eigenvalue weighted by Crippen LogP contribution is -2.24. The molecule has 162 valence electrons. The Balaban J connectivity index is 1.50. The third kappa shape index (κ3) is 4.84. The van der Waals surface area contributed by atoms with Crippen molar-refractivity contribution in [2.75, 3.05) is 4.72 Å². The summed E-state index contributed by atoms with van der Waals surface area (Å²) in [6.07, 6.45) is 5.06. The van der Waals surface area contributed by atoms with Gasteiger partial charge < -0.3 is 5.32 Å². The number of benzene rings is 2. The zero-order valence-electron chi connectivity index (χ0n) is 17.3. The van der Waals surface area contributed by atoms with E-state index in [9.17, 15) is 13.2 Å². The molecule has 0 saturated carbocycles. The predicted octanol–water partition coefficient (Wildman–Crippen LogP) is 3.31. The summed E-state index contributed by atoms with van der Waals surface area (Å²) in [5, 5.41) is 7.00. The van der Waals surface area contributed by atoms with Crippen LogP contribution in [0.25, 0.3) is 5.82 Å². The van der Waals surface area contributed by atoms with Gasteiger partial charge in [0.05, 0.1) is 4.90 Å². The monoisotopic (exact) mass is 447 g/mol. The Kier molecular flexibility index (Phi) is 6.00. The van der Waals surface area contributed by atoms with Gasteiger partial charge in [-0.25, -0.2) is 18.1 Å². The Morgan fingerprint density at radius 1 is 1.00 bits per heavy atom. The van der Waals surface area contributed by atoms with Gasteiger partial charge in [0, 0.05) is 41.9 Å². The van der Waals surface area contributed by atoms with Crippen molar-refractivity contribution in [1.82, 2.24) is 20.1 Å². The maximum atomic E-state index is 12.8. The van der Waals surface area contributed by atoms with Gasteiger partial charge in [-0.05, 0) is 55.0 Å². The number of amides is 1. The molecule has 0 saturated heterocycles. The lowest BCUT2D eigenvalue weighted by Gasteiger charge is -2.11. The van der Waals surface area contributed by atoms with E-state index in [0.717, 1.165) is 11.1 Å². The summed E-state index contributed by atoms with van der Waals surface area (Å²) in [7, 11) is -3.84. The summed E-state index contributed by atoms with van der Waals surface area (Å²) in [5.74, 6) is 0.212. The molecule has 0 unspecified atom stereocenters. The molecule has 0 fully saturated rings. The van der Waals surface area contributed by atoms with Gasteiger partial charge in [0.15, 0.2) is 5.82 Å². The van der Waals surface area contributed by atoms with E-state index in [-0.39, 0.29) is 17.0 Å². The number of aryl methyl sites for hydroxylation is 1. The first kappa shape index (κ1) is 21.3. The summed E-state index contributed by atoms with van der Waals surface area (Å²) >= 11 is 0. The number of rotatable bonds is 7. The first-order valence-corrected chi connectivity index (χ1v) is 11.3. The summed E-state index contributed by atoms with van der Waals surface area (Å²) in [5.41, 5.74) is 2.40. The average Bonchev–Trinajstić information content (AvgIpc) is 3.32. The van der Waals surface area contributed by atoms with E-state index in [4.69, 9.17) is 0 Å². The lowest BCUT2D eigenvalue weighted by molar-refractivity contribution is 0.0950. The average molecular weight is 448 g/mol. The minimum absolute atomic E-state index is 0.00487. The molecule has 0 aliphatic carbocycles. The van der Waals surface area contributed by atoms with Crippen LogP contribution in [0.15, 0.2) is 90.2 Å². The molecule has 0 bridgehead atoms. The maximum Gasteiger partial charge on any atom is 0.261 e. The number of pyridine rings is 1. The Morgan fingerprint density at radius 2 is 1.84 bits per heavy atom. The van der Waals surface area contributed by atoms with Crippen LogP contribution in [0, 0.1) is 6.92 Å². The van der Waals surface area contributed by atoms with Gasteiger partial charge in [-0.15, -0.1) is 0 Å². The van der Waals surface area contributed by atoms with Crippen molar-refractivity contribution in [2.24, 2.45) is 0 Å². The molecular formula is C23H21N5O3S. The zero-order chi connectivity index (χ0) is 22.6. The third-order valence-corrected chi connectivity index (χ3v) is 6.08. The first-order valence-electron chi connectivity index (χ1n) is 9.84. The van der Waals surface area contributed by atoms with Crippen molar-refractivity contribution in [3.63, 3.8) is 0 Å². The quantitative estimate of drug-likeness (QED) is 0.452. The lowest BCUT2D eigenvalue weighted by atomic mass is 10.2. The minimum atomic E-state index is -3.84. The molecule has 0 aliphatic rings. The number of aromatic nitrogens is 3. The van der Waals surface area contributed by atoms with Crippen LogP contribution in [0.2, 0.25) is 0 Å². The second-order valence-electron chi connectivity index (χ2n) is 7.12. The molecule has 1 amide bonds. The van der Waals surface area contributed by atoms with Crippen LogP contribution >= 0.6 is 0 Å². The second-order valence-corrected chi connectivity index (χ2v) is 8.80. The summed E-state index contributed by atoms with van der Waals surface area (Å²) in [6.45, 7) is 2.09. The molecule has 0 atom stereocenters. The Hall–Kier alpha value is -3.98. The van der Waals surface area contributed by atoms with Gasteiger partial charge in [-0.1, -0.05) is 24.3 Å². The molecule has 2 heterocycles. The van der Waals surface area contributed by atoms with E-state index < -0.39 is 15.9 Å². The van der Waals surface area contributed by atoms with Crippen LogP contribution in [0.5, 0.6) is 0 Å². The summed E-state index contributed by atoms with van der Waals surface area (Å²) in [6, 6.07) is 18.4. The number of anilines is 1. The van der Waals surface area contributed by atoms with Gasteiger partial charge in [-0.2, -0.15) is 5.10 Å². The normalized spacial score (nSPS) is 11.2. The number of carbonyl (C=O) groups is 1. The smallest absolute Gasteiger partial charge is 0.261 e. The molecule has 0 aliphatic heterocycles. The predicted molar refractivity (Wildman–Crippen MR) is 121 cm³/mol. The van der Waals surface area contributed by atoms with Gasteiger partial charge >= 0.3 is 0 Å². The highest BCUT2D eigenvalue weighted by molar-refractivity contribution is 7.92. The number of hydrogen-bond donors (Lipinski definition) is 2. The van der Waals surface area contributed by atoms with Crippen molar-refractivity contribution in [2.45, 2.75) is 18.4 Å². The number of carbonyl (C=O) groups excluding carboxylic acids is 1. The van der Waals surface area contributed by atoms with Gasteiger partial charge in [-0.3, -0.25) is 9.52 Å². The van der Waals surface area contributed by atoms with Gasteiger partial charge in [0.1, 0.15) is 0 Å². The molecule has 4 aromatic rings. The van der Waals surface area contributed by atoms with Crippen molar-refractivity contribution in [3.05, 3.63) is 102 Å². The summed E-state index contributed by atoms with van der Waals surface area (Å²) in [4.78, 5) is 17.1. The van der Waals surface area contributed by atoms with E-state index in [2.05, 4.69) is 20.1 Å². The van der Waals surface area contributed by atoms with Crippen LogP contribution < -0.4 is 10.0 Å². The van der Waals surface area contributed by atoms with E-state index in [1.807, 2.05) is 19.1 Å². The fraction of sp³-hybridized carbons (Fsp3) is 0.0870. The van der Waals surface area contributed by atoms with Crippen LogP contribution in [0.1, 0.15) is 21.5 Å². The molecule has 32 heavy (non-hydrogen) atoms. The minimum Gasteiger partial charge on any atom is -0.348 e. The molecule has 2 aromatic carbocycles. The van der Waals surface area contributed by atoms with Crippen molar-refractivity contribution in [1.29, 1.82) is 0 Å². The zero-order valence-corrected chi connectivity index (χ0v) is 18.1. The van der Waals surface area contributed by atoms with Crippen molar-refractivity contribution >= 4 is 21.6 Å². The fourth-order valence-electron chi connectivity index (χ4n) is 3.17. The molecule has 0 spiro atoms. The highest BCUT2D eigenvalue weighted by atomic mass is 32.2. The largest absolute Gasteiger partial charge is 0.348 e. The topological polar surface area (TPSA) is 106 Å². The maximum absolute atomic E-state index is 12.8. The van der Waals surface area contributed by atoms with Crippen LogP contribution in [-0.4, -0.2) is 29.1 Å². The number of sulfonamides is 1. The van der Waals surface area contributed by atoms with Crippen LogP contribution in [0.3, 0.4) is 0 Å². The SMILES string of the molecule is Cc1cccc(NS(=O)(=O)c2cccc(C(=O)NCc3cccnc3-n3cccn3)c2)c1. The van der Waals surface area contributed by atoms with Crippen LogP contribution in [0.4, 0.5) is 5.69 Å². The number of nitrogens with one attached hydrogen (secondary N) is 2. The molecule has 2 aromatic heterocycles. The molecular weight excluding hydrogens is 426 g/mol. The third-order valence-electron chi connectivity index (χ3n) is 4.71. The molecule has 9 heteroatoms. The second kappa shape index (κ2) is 9.03. The Bertz CT molecular complexity index is 1350. The number of nitrogens with zero attached hydrogens (tertiary/aromatic N) is 3. The van der Waals surface area contributed by atoms with E-state index in [1.54, 1.807) is 65.7 Å². The molecule has 4 rings (SSSR count).